The lowest BCUT2D eigenvalue weighted by atomic mass is 10.1. The highest BCUT2D eigenvalue weighted by Crippen LogP contribution is 2.24. The van der Waals surface area contributed by atoms with E-state index in [9.17, 15) is 9.18 Å². The molecule has 5 heteroatoms. The van der Waals surface area contributed by atoms with Gasteiger partial charge in [0.25, 0.3) is 5.91 Å². The molecule has 0 spiro atoms. The number of nitrogens with one attached hydrogen (secondary N) is 1. The van der Waals surface area contributed by atoms with Gasteiger partial charge in [-0.1, -0.05) is 51.1 Å². The van der Waals surface area contributed by atoms with Gasteiger partial charge in [0.15, 0.2) is 0 Å². The molecular weight excluding hydrogens is 377 g/mol. The summed E-state index contributed by atoms with van der Waals surface area (Å²) in [6.07, 6.45) is 5.56. The van der Waals surface area contributed by atoms with Gasteiger partial charge in [-0.3, -0.25) is 4.79 Å². The summed E-state index contributed by atoms with van der Waals surface area (Å²) in [5.41, 5.74) is 0.357. The molecule has 1 N–H and O–H groups in total. The van der Waals surface area contributed by atoms with Crippen molar-refractivity contribution in [1.82, 2.24) is 5.32 Å². The molecule has 0 saturated heterocycles. The monoisotopic (exact) mass is 391 g/mol. The molecule has 1 amide bonds. The van der Waals surface area contributed by atoms with Gasteiger partial charge in [-0.2, -0.15) is 0 Å². The van der Waals surface area contributed by atoms with Crippen LogP contribution in [0.3, 0.4) is 0 Å². The van der Waals surface area contributed by atoms with Crippen molar-refractivity contribution in [1.29, 1.82) is 0 Å². The highest BCUT2D eigenvalue weighted by Gasteiger charge is 2.23. The Morgan fingerprint density at radius 2 is 1.95 bits per heavy atom. The van der Waals surface area contributed by atoms with Crippen LogP contribution < -0.4 is 5.32 Å². The Labute approximate surface area is 129 Å². The van der Waals surface area contributed by atoms with Gasteiger partial charge in [0, 0.05) is 20.9 Å². The van der Waals surface area contributed by atoms with E-state index in [0.717, 1.165) is 19.3 Å². The highest BCUT2D eigenvalue weighted by molar-refractivity contribution is 9.10. The molecule has 1 aromatic carbocycles. The molecule has 1 aliphatic carbocycles. The fourth-order valence-corrected chi connectivity index (χ4v) is 3.55. The maximum Gasteiger partial charge on any atom is 0.251 e. The van der Waals surface area contributed by atoms with Crippen molar-refractivity contribution in [3.63, 3.8) is 0 Å². The molecule has 0 bridgehead atoms. The zero-order valence-electron chi connectivity index (χ0n) is 10.5. The quantitative estimate of drug-likeness (QED) is 0.586. The van der Waals surface area contributed by atoms with Crippen LogP contribution in [0.5, 0.6) is 0 Å². The average molecular weight is 393 g/mol. The topological polar surface area (TPSA) is 29.1 Å². The minimum atomic E-state index is -0.407. The van der Waals surface area contributed by atoms with E-state index >= 15 is 0 Å². The second kappa shape index (κ2) is 6.84. The van der Waals surface area contributed by atoms with Crippen molar-refractivity contribution in [2.75, 3.05) is 0 Å². The Morgan fingerprint density at radius 1 is 1.21 bits per heavy atom. The van der Waals surface area contributed by atoms with E-state index in [2.05, 4.69) is 37.2 Å². The summed E-state index contributed by atoms with van der Waals surface area (Å²) in [6, 6.07) is 4.37. The maximum absolute atomic E-state index is 13.3. The fourth-order valence-electron chi connectivity index (χ4n) is 2.36. The van der Waals surface area contributed by atoms with Gasteiger partial charge in [0.05, 0.1) is 0 Å². The Bertz CT molecular complexity index is 447. The second-order valence-corrected chi connectivity index (χ2v) is 6.98. The summed E-state index contributed by atoms with van der Waals surface area (Å²) in [5.74, 6) is -0.618. The van der Waals surface area contributed by atoms with Crippen molar-refractivity contribution < 1.29 is 9.18 Å². The van der Waals surface area contributed by atoms with Gasteiger partial charge in [-0.15, -0.1) is 0 Å². The summed E-state index contributed by atoms with van der Waals surface area (Å²) >= 11 is 6.84. The lowest BCUT2D eigenvalue weighted by molar-refractivity contribution is 0.0934. The summed E-state index contributed by atoms with van der Waals surface area (Å²) in [5, 5.41) is 3.01. The van der Waals surface area contributed by atoms with E-state index in [1.807, 2.05) is 0 Å². The average Bonchev–Trinajstić information content (AvgIpc) is 2.54. The summed E-state index contributed by atoms with van der Waals surface area (Å²) in [7, 11) is 0. The molecule has 0 heterocycles. The molecule has 0 aromatic heterocycles. The molecule has 1 aliphatic rings. The number of benzene rings is 1. The van der Waals surface area contributed by atoms with Crippen LogP contribution in [0.15, 0.2) is 22.7 Å². The minimum Gasteiger partial charge on any atom is -0.348 e. The molecule has 2 rings (SSSR count). The zero-order chi connectivity index (χ0) is 13.8. The van der Waals surface area contributed by atoms with Crippen LogP contribution in [0.25, 0.3) is 0 Å². The first kappa shape index (κ1) is 15.0. The van der Waals surface area contributed by atoms with Crippen LogP contribution in [0.1, 0.15) is 42.5 Å². The Balaban J connectivity index is 2.07. The molecule has 104 valence electrons. The molecule has 2 atom stereocenters. The van der Waals surface area contributed by atoms with E-state index in [4.69, 9.17) is 0 Å². The van der Waals surface area contributed by atoms with Crippen LogP contribution in [0, 0.1) is 5.82 Å². The zero-order valence-corrected chi connectivity index (χ0v) is 13.6. The minimum absolute atomic E-state index is 0.122. The smallest absolute Gasteiger partial charge is 0.251 e. The molecule has 19 heavy (non-hydrogen) atoms. The molecule has 2 unspecified atom stereocenters. The van der Waals surface area contributed by atoms with Crippen molar-refractivity contribution in [2.45, 2.75) is 43.0 Å². The van der Waals surface area contributed by atoms with Crippen LogP contribution >= 0.6 is 31.9 Å². The maximum atomic E-state index is 13.3. The number of halogens is 3. The first-order chi connectivity index (χ1) is 9.06. The molecule has 0 radical (unpaired) electrons. The number of rotatable bonds is 2. The Kier molecular flexibility index (Phi) is 5.39. The molecule has 1 saturated carbocycles. The van der Waals surface area contributed by atoms with E-state index in [-0.39, 0.29) is 11.9 Å². The van der Waals surface area contributed by atoms with Gasteiger partial charge >= 0.3 is 0 Å². The third-order valence-electron chi connectivity index (χ3n) is 3.37. The molecule has 1 aromatic rings. The summed E-state index contributed by atoms with van der Waals surface area (Å²) in [4.78, 5) is 12.5. The highest BCUT2D eigenvalue weighted by atomic mass is 79.9. The molecular formula is C14H16Br2FNO. The van der Waals surface area contributed by atoms with Crippen molar-refractivity contribution >= 4 is 37.8 Å². The van der Waals surface area contributed by atoms with Gasteiger partial charge in [0.1, 0.15) is 5.82 Å². The Hall–Kier alpha value is -0.420. The number of amides is 1. The third-order valence-corrected chi connectivity index (χ3v) is 4.93. The van der Waals surface area contributed by atoms with Crippen LogP contribution in [-0.2, 0) is 0 Å². The summed E-state index contributed by atoms with van der Waals surface area (Å²) < 4.78 is 13.9. The first-order valence-corrected chi connectivity index (χ1v) is 8.18. The van der Waals surface area contributed by atoms with E-state index < -0.39 is 5.82 Å². The predicted molar refractivity (Wildman–Crippen MR) is 81.2 cm³/mol. The van der Waals surface area contributed by atoms with Crippen LogP contribution in [0.4, 0.5) is 4.39 Å². The lowest BCUT2D eigenvalue weighted by Crippen LogP contribution is -2.40. The Morgan fingerprint density at radius 3 is 2.68 bits per heavy atom. The molecule has 2 nitrogen and oxygen atoms in total. The number of hydrogen-bond donors (Lipinski definition) is 1. The number of carbonyl (C=O) groups is 1. The predicted octanol–water partition coefficient (Wildman–Crippen LogP) is 4.41. The van der Waals surface area contributed by atoms with Crippen LogP contribution in [0.2, 0.25) is 0 Å². The SMILES string of the molecule is O=C(NC1CCCCCC1Br)c1cc(F)cc(Br)c1. The van der Waals surface area contributed by atoms with Gasteiger partial charge in [-0.05, 0) is 31.0 Å². The van der Waals surface area contributed by atoms with E-state index in [1.165, 1.54) is 25.0 Å². The fraction of sp³-hybridized carbons (Fsp3) is 0.500. The van der Waals surface area contributed by atoms with Crippen molar-refractivity contribution in [3.05, 3.63) is 34.1 Å². The van der Waals surface area contributed by atoms with Crippen molar-refractivity contribution in [2.24, 2.45) is 0 Å². The molecule has 0 aliphatic heterocycles. The number of carbonyl (C=O) groups excluding carboxylic acids is 1. The van der Waals surface area contributed by atoms with Gasteiger partial charge < -0.3 is 5.32 Å². The lowest BCUT2D eigenvalue weighted by Gasteiger charge is -2.21. The second-order valence-electron chi connectivity index (χ2n) is 4.89. The van der Waals surface area contributed by atoms with Gasteiger partial charge in [0.2, 0.25) is 0 Å². The normalized spacial score (nSPS) is 23.7. The standard InChI is InChI=1S/C14H16Br2FNO/c15-10-6-9(7-11(17)8-10)14(19)18-13-5-3-1-2-4-12(13)16/h6-8,12-13H,1-5H2,(H,18,19). The van der Waals surface area contributed by atoms with Crippen LogP contribution in [-0.4, -0.2) is 16.8 Å². The number of alkyl halides is 1. The first-order valence-electron chi connectivity index (χ1n) is 6.47. The van der Waals surface area contributed by atoms with E-state index in [0.29, 0.717) is 14.9 Å². The van der Waals surface area contributed by atoms with Crippen molar-refractivity contribution in [3.8, 4) is 0 Å². The number of hydrogen-bond acceptors (Lipinski definition) is 1. The largest absolute Gasteiger partial charge is 0.348 e. The van der Waals surface area contributed by atoms with Gasteiger partial charge in [-0.25, -0.2) is 4.39 Å². The third kappa shape index (κ3) is 4.28. The van der Waals surface area contributed by atoms with E-state index in [1.54, 1.807) is 6.07 Å². The molecule has 1 fully saturated rings. The summed E-state index contributed by atoms with van der Waals surface area (Å²) in [6.45, 7) is 0.